The van der Waals surface area contributed by atoms with Crippen molar-refractivity contribution in [3.8, 4) is 33.3 Å². The normalized spacial score (nSPS) is 11.1. The van der Waals surface area contributed by atoms with Gasteiger partial charge >= 0.3 is 5.97 Å². The maximum Gasteiger partial charge on any atom is 0.303 e. The van der Waals surface area contributed by atoms with Crippen molar-refractivity contribution in [3.05, 3.63) is 66.1 Å². The molecule has 0 fully saturated rings. The number of rotatable bonds is 8. The zero-order chi connectivity index (χ0) is 22.7. The molecular weight excluding hydrogens is 424 g/mol. The van der Waals surface area contributed by atoms with Crippen molar-refractivity contribution in [1.29, 1.82) is 0 Å². The molecule has 0 saturated carbocycles. The SMILES string of the molecule is CC(C)Oc1csc(-c2ccc(-n3ccnc3CCC(=O)O)cc2-c2cccc(N)c2)n1. The molecule has 0 spiro atoms. The molecule has 7 nitrogen and oxygen atoms in total. The molecule has 164 valence electrons. The number of carbonyl (C=O) groups is 1. The van der Waals surface area contributed by atoms with Crippen molar-refractivity contribution in [3.63, 3.8) is 0 Å². The van der Waals surface area contributed by atoms with E-state index in [1.165, 1.54) is 11.3 Å². The number of aromatic nitrogens is 3. The second-order valence-electron chi connectivity index (χ2n) is 7.62. The highest BCUT2D eigenvalue weighted by molar-refractivity contribution is 7.13. The molecule has 0 radical (unpaired) electrons. The van der Waals surface area contributed by atoms with Gasteiger partial charge in [0.2, 0.25) is 5.88 Å². The van der Waals surface area contributed by atoms with Gasteiger partial charge in [0, 0.05) is 35.8 Å². The quantitative estimate of drug-likeness (QED) is 0.366. The Labute approximate surface area is 190 Å². The summed E-state index contributed by atoms with van der Waals surface area (Å²) in [4.78, 5) is 20.0. The fraction of sp³-hybridized carbons (Fsp3) is 0.208. The molecule has 2 aromatic heterocycles. The Balaban J connectivity index is 1.80. The van der Waals surface area contributed by atoms with Crippen LogP contribution in [0.25, 0.3) is 27.4 Å². The van der Waals surface area contributed by atoms with Crippen molar-refractivity contribution in [2.45, 2.75) is 32.8 Å². The Morgan fingerprint density at radius 1 is 1.22 bits per heavy atom. The second-order valence-corrected chi connectivity index (χ2v) is 8.48. The number of hydrogen-bond donors (Lipinski definition) is 2. The summed E-state index contributed by atoms with van der Waals surface area (Å²) in [6, 6.07) is 13.8. The van der Waals surface area contributed by atoms with Gasteiger partial charge in [0.05, 0.1) is 17.9 Å². The molecular formula is C24H24N4O3S. The molecule has 0 unspecified atom stereocenters. The van der Waals surface area contributed by atoms with Crippen LogP contribution in [0.15, 0.2) is 60.2 Å². The van der Waals surface area contributed by atoms with Gasteiger partial charge in [-0.3, -0.25) is 4.79 Å². The molecule has 3 N–H and O–H groups in total. The first-order chi connectivity index (χ1) is 15.4. The largest absolute Gasteiger partial charge is 0.481 e. The number of aliphatic carboxylic acids is 1. The monoisotopic (exact) mass is 448 g/mol. The number of hydrogen-bond acceptors (Lipinski definition) is 6. The van der Waals surface area contributed by atoms with Crippen molar-refractivity contribution in [2.24, 2.45) is 0 Å². The van der Waals surface area contributed by atoms with E-state index in [4.69, 9.17) is 15.6 Å². The summed E-state index contributed by atoms with van der Waals surface area (Å²) in [5.74, 6) is 0.451. The van der Waals surface area contributed by atoms with Crippen LogP contribution in [-0.2, 0) is 11.2 Å². The first kappa shape index (κ1) is 21.6. The van der Waals surface area contributed by atoms with Gasteiger partial charge in [-0.2, -0.15) is 0 Å². The number of benzene rings is 2. The Morgan fingerprint density at radius 2 is 2.06 bits per heavy atom. The number of ether oxygens (including phenoxy) is 1. The molecule has 2 heterocycles. The van der Waals surface area contributed by atoms with E-state index in [1.54, 1.807) is 6.20 Å². The molecule has 2 aromatic carbocycles. The van der Waals surface area contributed by atoms with Crippen LogP contribution in [-0.4, -0.2) is 31.7 Å². The zero-order valence-electron chi connectivity index (χ0n) is 17.9. The third-order valence-electron chi connectivity index (χ3n) is 4.83. The van der Waals surface area contributed by atoms with Gasteiger partial charge in [-0.1, -0.05) is 12.1 Å². The second kappa shape index (κ2) is 9.23. The van der Waals surface area contributed by atoms with E-state index < -0.39 is 5.97 Å². The fourth-order valence-corrected chi connectivity index (χ4v) is 4.23. The number of anilines is 1. The number of aryl methyl sites for hydroxylation is 1. The smallest absolute Gasteiger partial charge is 0.303 e. The van der Waals surface area contributed by atoms with Crippen LogP contribution in [0.1, 0.15) is 26.1 Å². The van der Waals surface area contributed by atoms with Crippen molar-refractivity contribution >= 4 is 23.0 Å². The summed E-state index contributed by atoms with van der Waals surface area (Å²) in [7, 11) is 0. The number of imidazole rings is 1. The van der Waals surface area contributed by atoms with Crippen LogP contribution in [0, 0.1) is 0 Å². The highest BCUT2D eigenvalue weighted by Gasteiger charge is 2.16. The number of thiazole rings is 1. The maximum absolute atomic E-state index is 11.0. The van der Waals surface area contributed by atoms with Gasteiger partial charge in [0.25, 0.3) is 0 Å². The molecule has 0 aliphatic carbocycles. The van der Waals surface area contributed by atoms with Gasteiger partial charge in [-0.25, -0.2) is 9.97 Å². The van der Waals surface area contributed by atoms with Gasteiger partial charge < -0.3 is 20.1 Å². The van der Waals surface area contributed by atoms with Gasteiger partial charge in [-0.05, 0) is 55.3 Å². The number of carboxylic acid groups (broad SMARTS) is 1. The van der Waals surface area contributed by atoms with Crippen LogP contribution < -0.4 is 10.5 Å². The Kier molecular flexibility index (Phi) is 6.23. The molecule has 0 amide bonds. The number of nitrogen functional groups attached to an aromatic ring is 1. The molecule has 4 aromatic rings. The molecule has 32 heavy (non-hydrogen) atoms. The highest BCUT2D eigenvalue weighted by Crippen LogP contribution is 2.37. The molecule has 0 bridgehead atoms. The summed E-state index contributed by atoms with van der Waals surface area (Å²) in [6.07, 6.45) is 3.94. The Bertz CT molecular complexity index is 1250. The first-order valence-corrected chi connectivity index (χ1v) is 11.2. The minimum Gasteiger partial charge on any atom is -0.481 e. The Hall–Kier alpha value is -3.65. The first-order valence-electron chi connectivity index (χ1n) is 10.3. The minimum absolute atomic E-state index is 0.0227. The van der Waals surface area contributed by atoms with Crippen molar-refractivity contribution in [2.75, 3.05) is 5.73 Å². The van der Waals surface area contributed by atoms with E-state index in [9.17, 15) is 4.79 Å². The molecule has 0 saturated heterocycles. The van der Waals surface area contributed by atoms with E-state index in [-0.39, 0.29) is 12.5 Å². The average molecular weight is 449 g/mol. The number of nitrogens with two attached hydrogens (primary N) is 1. The molecule has 0 aliphatic rings. The van der Waals surface area contributed by atoms with E-state index in [0.717, 1.165) is 27.4 Å². The third-order valence-corrected chi connectivity index (χ3v) is 5.68. The molecule has 0 aliphatic heterocycles. The van der Waals surface area contributed by atoms with Crippen molar-refractivity contribution < 1.29 is 14.6 Å². The van der Waals surface area contributed by atoms with Gasteiger partial charge in [-0.15, -0.1) is 11.3 Å². The lowest BCUT2D eigenvalue weighted by molar-refractivity contribution is -0.137. The van der Waals surface area contributed by atoms with Crippen LogP contribution in [0.2, 0.25) is 0 Å². The van der Waals surface area contributed by atoms with E-state index in [2.05, 4.69) is 16.0 Å². The summed E-state index contributed by atoms with van der Waals surface area (Å²) < 4.78 is 7.66. The van der Waals surface area contributed by atoms with E-state index in [1.807, 2.05) is 66.4 Å². The maximum atomic E-state index is 11.0. The topological polar surface area (TPSA) is 103 Å². The van der Waals surface area contributed by atoms with Crippen molar-refractivity contribution in [1.82, 2.24) is 14.5 Å². The number of nitrogens with zero attached hydrogens (tertiary/aromatic N) is 3. The molecule has 0 atom stereocenters. The van der Waals surface area contributed by atoms with Crippen LogP contribution in [0.4, 0.5) is 5.69 Å². The lowest BCUT2D eigenvalue weighted by Gasteiger charge is -2.14. The lowest BCUT2D eigenvalue weighted by Crippen LogP contribution is -2.05. The minimum atomic E-state index is -0.849. The van der Waals surface area contributed by atoms with Crippen LogP contribution in [0.3, 0.4) is 0 Å². The standard InChI is InChI=1S/C24H24N4O3S/c1-15(2)31-22-14-32-24(27-22)19-7-6-18(13-20(19)16-4-3-5-17(25)12-16)28-11-10-26-21(28)8-9-23(29)30/h3-7,10-15H,8-9,25H2,1-2H3,(H,29,30). The number of carboxylic acids is 1. The molecule has 8 heteroatoms. The summed E-state index contributed by atoms with van der Waals surface area (Å²) in [5, 5.41) is 11.8. The van der Waals surface area contributed by atoms with Gasteiger partial charge in [0.15, 0.2) is 0 Å². The molecule has 4 rings (SSSR count). The predicted molar refractivity (Wildman–Crippen MR) is 126 cm³/mol. The highest BCUT2D eigenvalue weighted by atomic mass is 32.1. The average Bonchev–Trinajstić information content (AvgIpc) is 3.41. The Morgan fingerprint density at radius 3 is 2.81 bits per heavy atom. The summed E-state index contributed by atoms with van der Waals surface area (Å²) in [6.45, 7) is 3.94. The summed E-state index contributed by atoms with van der Waals surface area (Å²) >= 11 is 1.52. The lowest BCUT2D eigenvalue weighted by atomic mass is 9.98. The predicted octanol–water partition coefficient (Wildman–Crippen LogP) is 5.05. The van der Waals surface area contributed by atoms with Crippen LogP contribution in [0.5, 0.6) is 5.88 Å². The van der Waals surface area contributed by atoms with Crippen LogP contribution >= 0.6 is 11.3 Å². The van der Waals surface area contributed by atoms with E-state index >= 15 is 0 Å². The van der Waals surface area contributed by atoms with Gasteiger partial charge in [0.1, 0.15) is 10.8 Å². The van der Waals surface area contributed by atoms with E-state index in [0.29, 0.717) is 23.8 Å². The fourth-order valence-electron chi connectivity index (χ4n) is 3.47. The zero-order valence-corrected chi connectivity index (χ0v) is 18.7. The summed E-state index contributed by atoms with van der Waals surface area (Å²) in [5.41, 5.74) is 10.5. The third kappa shape index (κ3) is 4.81.